The second-order valence-corrected chi connectivity index (χ2v) is 6.11. The molecule has 0 bridgehead atoms. The summed E-state index contributed by atoms with van der Waals surface area (Å²) in [7, 11) is 0. The summed E-state index contributed by atoms with van der Waals surface area (Å²) in [4.78, 5) is 1.79. The van der Waals surface area contributed by atoms with Crippen molar-refractivity contribution in [3.8, 4) is 0 Å². The van der Waals surface area contributed by atoms with Gasteiger partial charge in [-0.2, -0.15) is 0 Å². The van der Waals surface area contributed by atoms with Crippen molar-refractivity contribution in [1.82, 2.24) is 0 Å². The Bertz CT molecular complexity index is 789. The maximum Gasteiger partial charge on any atom is 0.146 e. The van der Waals surface area contributed by atoms with Crippen LogP contribution >= 0.6 is 11.6 Å². The van der Waals surface area contributed by atoms with Gasteiger partial charge < -0.3 is 4.90 Å². The SMILES string of the molecule is Cc1ccc(N(c2ccc(C)cc2)c2cc(F)c(Cl)c(F)c2)cc1. The molecule has 3 aromatic carbocycles. The first-order valence-electron chi connectivity index (χ1n) is 7.54. The van der Waals surface area contributed by atoms with E-state index in [1.807, 2.05) is 62.4 Å². The van der Waals surface area contributed by atoms with Crippen LogP contribution in [0.1, 0.15) is 11.1 Å². The Morgan fingerprint density at radius 3 is 1.42 bits per heavy atom. The van der Waals surface area contributed by atoms with Gasteiger partial charge in [0.15, 0.2) is 0 Å². The lowest BCUT2D eigenvalue weighted by Crippen LogP contribution is -2.10. The molecule has 0 saturated carbocycles. The summed E-state index contributed by atoms with van der Waals surface area (Å²) in [6.45, 7) is 3.98. The third kappa shape index (κ3) is 3.26. The van der Waals surface area contributed by atoms with Crippen LogP contribution in [0.2, 0.25) is 5.02 Å². The summed E-state index contributed by atoms with van der Waals surface area (Å²) in [5.41, 5.74) is 4.21. The van der Waals surface area contributed by atoms with Crippen LogP contribution in [0.15, 0.2) is 60.7 Å². The summed E-state index contributed by atoms with van der Waals surface area (Å²) < 4.78 is 27.9. The van der Waals surface area contributed by atoms with Crippen LogP contribution in [-0.2, 0) is 0 Å². The first-order valence-corrected chi connectivity index (χ1v) is 7.91. The summed E-state index contributed by atoms with van der Waals surface area (Å²) in [6, 6.07) is 18.0. The van der Waals surface area contributed by atoms with E-state index in [9.17, 15) is 8.78 Å². The predicted octanol–water partition coefficient (Wildman–Crippen LogP) is 6.70. The molecule has 0 heterocycles. The number of benzene rings is 3. The third-order valence-electron chi connectivity index (χ3n) is 3.81. The highest BCUT2D eigenvalue weighted by molar-refractivity contribution is 6.31. The number of hydrogen-bond donors (Lipinski definition) is 0. The molecule has 0 aromatic heterocycles. The van der Waals surface area contributed by atoms with Crippen LogP contribution in [0, 0.1) is 25.5 Å². The summed E-state index contributed by atoms with van der Waals surface area (Å²) >= 11 is 5.62. The van der Waals surface area contributed by atoms with E-state index < -0.39 is 16.7 Å². The molecule has 0 spiro atoms. The van der Waals surface area contributed by atoms with Gasteiger partial charge in [-0.05, 0) is 50.2 Å². The van der Waals surface area contributed by atoms with Crippen molar-refractivity contribution in [2.45, 2.75) is 13.8 Å². The molecule has 0 radical (unpaired) electrons. The molecule has 0 N–H and O–H groups in total. The minimum atomic E-state index is -0.782. The maximum atomic E-state index is 14.0. The minimum Gasteiger partial charge on any atom is -0.310 e. The van der Waals surface area contributed by atoms with E-state index in [4.69, 9.17) is 11.6 Å². The molecule has 24 heavy (non-hydrogen) atoms. The third-order valence-corrected chi connectivity index (χ3v) is 4.17. The number of anilines is 3. The molecule has 0 unspecified atom stereocenters. The van der Waals surface area contributed by atoms with E-state index in [0.717, 1.165) is 22.5 Å². The average molecular weight is 344 g/mol. The Hall–Kier alpha value is -2.39. The molecule has 0 atom stereocenters. The van der Waals surface area contributed by atoms with Gasteiger partial charge in [0.25, 0.3) is 0 Å². The quantitative estimate of drug-likeness (QED) is 0.478. The average Bonchev–Trinajstić information content (AvgIpc) is 2.56. The van der Waals surface area contributed by atoms with Crippen LogP contribution in [0.3, 0.4) is 0 Å². The second kappa shape index (κ2) is 6.62. The van der Waals surface area contributed by atoms with E-state index in [1.54, 1.807) is 4.90 Å². The van der Waals surface area contributed by atoms with Gasteiger partial charge in [0, 0.05) is 11.4 Å². The molecule has 0 amide bonds. The van der Waals surface area contributed by atoms with Crippen LogP contribution in [-0.4, -0.2) is 0 Å². The van der Waals surface area contributed by atoms with Gasteiger partial charge in [0.1, 0.15) is 16.7 Å². The zero-order valence-corrected chi connectivity index (χ0v) is 14.1. The highest BCUT2D eigenvalue weighted by Crippen LogP contribution is 2.36. The molecule has 0 aliphatic carbocycles. The van der Waals surface area contributed by atoms with Crippen molar-refractivity contribution < 1.29 is 8.78 Å². The molecular weight excluding hydrogens is 328 g/mol. The molecule has 3 aromatic rings. The van der Waals surface area contributed by atoms with Gasteiger partial charge in [-0.15, -0.1) is 0 Å². The Balaban J connectivity index is 2.18. The molecule has 4 heteroatoms. The topological polar surface area (TPSA) is 3.24 Å². The normalized spacial score (nSPS) is 10.7. The summed E-state index contributed by atoms with van der Waals surface area (Å²) in [5.74, 6) is -1.56. The fourth-order valence-corrected chi connectivity index (χ4v) is 2.62. The zero-order valence-electron chi connectivity index (χ0n) is 13.4. The van der Waals surface area contributed by atoms with Gasteiger partial charge >= 0.3 is 0 Å². The van der Waals surface area contributed by atoms with Crippen LogP contribution in [0.4, 0.5) is 25.8 Å². The molecule has 122 valence electrons. The van der Waals surface area contributed by atoms with Gasteiger partial charge in [-0.25, -0.2) is 8.78 Å². The van der Waals surface area contributed by atoms with Crippen molar-refractivity contribution >= 4 is 28.7 Å². The monoisotopic (exact) mass is 343 g/mol. The number of halogens is 3. The van der Waals surface area contributed by atoms with Crippen molar-refractivity contribution in [2.24, 2.45) is 0 Å². The number of aryl methyl sites for hydroxylation is 2. The maximum absolute atomic E-state index is 14.0. The van der Waals surface area contributed by atoms with Gasteiger partial charge in [-0.1, -0.05) is 47.0 Å². The van der Waals surface area contributed by atoms with E-state index in [2.05, 4.69) is 0 Å². The van der Waals surface area contributed by atoms with Crippen molar-refractivity contribution in [3.05, 3.63) is 88.4 Å². The van der Waals surface area contributed by atoms with Crippen LogP contribution < -0.4 is 4.90 Å². The van der Waals surface area contributed by atoms with Crippen LogP contribution in [0.25, 0.3) is 0 Å². The first-order chi connectivity index (χ1) is 11.5. The zero-order chi connectivity index (χ0) is 17.3. The van der Waals surface area contributed by atoms with Gasteiger partial charge in [0.2, 0.25) is 0 Å². The summed E-state index contributed by atoms with van der Waals surface area (Å²) in [6.07, 6.45) is 0. The molecule has 0 aliphatic rings. The molecule has 0 fully saturated rings. The fraction of sp³-hybridized carbons (Fsp3) is 0.100. The smallest absolute Gasteiger partial charge is 0.146 e. The minimum absolute atomic E-state index is 0.377. The number of nitrogens with zero attached hydrogens (tertiary/aromatic N) is 1. The van der Waals surface area contributed by atoms with E-state index in [1.165, 1.54) is 12.1 Å². The molecule has 0 aliphatic heterocycles. The van der Waals surface area contributed by atoms with E-state index in [0.29, 0.717) is 5.69 Å². The summed E-state index contributed by atoms with van der Waals surface area (Å²) in [5, 5.41) is -0.494. The standard InChI is InChI=1S/C20H16ClF2N/c1-13-3-7-15(8-4-13)24(16-9-5-14(2)6-10-16)17-11-18(22)20(21)19(23)12-17/h3-12H,1-2H3. The molecule has 1 nitrogen and oxygen atoms in total. The van der Waals surface area contributed by atoms with E-state index >= 15 is 0 Å². The lowest BCUT2D eigenvalue weighted by Gasteiger charge is -2.26. The Morgan fingerprint density at radius 1 is 0.667 bits per heavy atom. The first kappa shape index (κ1) is 16.5. The lowest BCUT2D eigenvalue weighted by molar-refractivity contribution is 0.584. The van der Waals surface area contributed by atoms with Gasteiger partial charge in [-0.3, -0.25) is 0 Å². The molecular formula is C20H16ClF2N. The molecule has 0 saturated heterocycles. The highest BCUT2D eigenvalue weighted by Gasteiger charge is 2.17. The van der Waals surface area contributed by atoms with E-state index in [-0.39, 0.29) is 0 Å². The second-order valence-electron chi connectivity index (χ2n) is 5.73. The Kier molecular flexibility index (Phi) is 4.54. The van der Waals surface area contributed by atoms with Crippen molar-refractivity contribution in [1.29, 1.82) is 0 Å². The Labute approximate surface area is 145 Å². The largest absolute Gasteiger partial charge is 0.310 e. The number of hydrogen-bond acceptors (Lipinski definition) is 1. The predicted molar refractivity (Wildman–Crippen MR) is 95.5 cm³/mol. The molecule has 3 rings (SSSR count). The van der Waals surface area contributed by atoms with Crippen LogP contribution in [0.5, 0.6) is 0 Å². The lowest BCUT2D eigenvalue weighted by atomic mass is 10.1. The highest BCUT2D eigenvalue weighted by atomic mass is 35.5. The Morgan fingerprint density at radius 2 is 1.04 bits per heavy atom. The number of rotatable bonds is 3. The van der Waals surface area contributed by atoms with Crippen molar-refractivity contribution in [2.75, 3.05) is 4.90 Å². The van der Waals surface area contributed by atoms with Gasteiger partial charge in [0.05, 0.1) is 5.69 Å². The fourth-order valence-electron chi connectivity index (χ4n) is 2.51. The van der Waals surface area contributed by atoms with Crippen molar-refractivity contribution in [3.63, 3.8) is 0 Å².